The van der Waals surface area contributed by atoms with Gasteiger partial charge >= 0.3 is 0 Å². The maximum absolute atomic E-state index is 5.97. The highest BCUT2D eigenvalue weighted by molar-refractivity contribution is 4.91. The topological polar surface area (TPSA) is 15.7 Å². The molecule has 3 nitrogen and oxygen atoms in total. The minimum atomic E-state index is 0.263. The monoisotopic (exact) mass is 228 g/mol. The molecule has 0 radical (unpaired) electrons. The average molecular weight is 228 g/mol. The fourth-order valence-corrected chi connectivity index (χ4v) is 2.47. The van der Waals surface area contributed by atoms with E-state index in [1.807, 2.05) is 0 Å². The molecule has 3 heteroatoms. The Morgan fingerprint density at radius 2 is 1.94 bits per heavy atom. The molecule has 0 spiro atoms. The predicted molar refractivity (Wildman–Crippen MR) is 68.8 cm³/mol. The van der Waals surface area contributed by atoms with Crippen LogP contribution in [0.4, 0.5) is 0 Å². The van der Waals surface area contributed by atoms with Crippen molar-refractivity contribution in [2.45, 2.75) is 51.8 Å². The maximum atomic E-state index is 5.97. The predicted octanol–water partition coefficient (Wildman–Crippen LogP) is 1.83. The largest absolute Gasteiger partial charge is 0.375 e. The van der Waals surface area contributed by atoms with Crippen LogP contribution >= 0.6 is 0 Å². The molecule has 1 fully saturated rings. The van der Waals surface area contributed by atoms with Gasteiger partial charge in [0, 0.05) is 24.7 Å². The van der Waals surface area contributed by atoms with Crippen molar-refractivity contribution in [3.63, 3.8) is 0 Å². The lowest BCUT2D eigenvalue weighted by molar-refractivity contribution is 0.00953. The standard InChI is InChI=1S/C13H28N2O/c1-11-12(16-10-9-14(5)6)7-8-15(11)13(2,3)4/h11-12H,7-10H2,1-6H3/t11?,12-/m0/s1. The van der Waals surface area contributed by atoms with Crippen LogP contribution in [0.1, 0.15) is 34.1 Å². The number of hydrogen-bond donors (Lipinski definition) is 0. The summed E-state index contributed by atoms with van der Waals surface area (Å²) in [5.41, 5.74) is 0.263. The molecule has 1 aliphatic rings. The van der Waals surface area contributed by atoms with Gasteiger partial charge in [-0.25, -0.2) is 0 Å². The van der Waals surface area contributed by atoms with Gasteiger partial charge in [-0.2, -0.15) is 0 Å². The van der Waals surface area contributed by atoms with E-state index in [9.17, 15) is 0 Å². The van der Waals surface area contributed by atoms with Gasteiger partial charge in [0.2, 0.25) is 0 Å². The van der Waals surface area contributed by atoms with E-state index in [1.54, 1.807) is 0 Å². The Bertz CT molecular complexity index is 210. The number of ether oxygens (including phenoxy) is 1. The Kier molecular flexibility index (Phi) is 4.77. The van der Waals surface area contributed by atoms with Crippen LogP contribution in [0.5, 0.6) is 0 Å². The molecule has 96 valence electrons. The SMILES string of the molecule is CC1[C@@H](OCCN(C)C)CCN1C(C)(C)C. The van der Waals surface area contributed by atoms with Gasteiger partial charge in [0.05, 0.1) is 12.7 Å². The van der Waals surface area contributed by atoms with Crippen LogP contribution in [-0.2, 0) is 4.74 Å². The van der Waals surface area contributed by atoms with Crippen molar-refractivity contribution in [1.82, 2.24) is 9.80 Å². The van der Waals surface area contributed by atoms with Crippen molar-refractivity contribution in [1.29, 1.82) is 0 Å². The fraction of sp³-hybridized carbons (Fsp3) is 1.00. The Balaban J connectivity index is 2.36. The minimum absolute atomic E-state index is 0.263. The molecule has 0 aromatic rings. The molecule has 1 unspecified atom stereocenters. The zero-order chi connectivity index (χ0) is 12.3. The normalized spacial score (nSPS) is 27.9. The van der Waals surface area contributed by atoms with Gasteiger partial charge in [-0.05, 0) is 48.2 Å². The molecule has 0 saturated carbocycles. The van der Waals surface area contributed by atoms with Crippen molar-refractivity contribution < 1.29 is 4.74 Å². The Morgan fingerprint density at radius 1 is 1.31 bits per heavy atom. The summed E-state index contributed by atoms with van der Waals surface area (Å²) < 4.78 is 5.97. The molecule has 0 aromatic carbocycles. The fourth-order valence-electron chi connectivity index (χ4n) is 2.47. The van der Waals surface area contributed by atoms with Crippen LogP contribution in [0.2, 0.25) is 0 Å². The highest BCUT2D eigenvalue weighted by atomic mass is 16.5. The van der Waals surface area contributed by atoms with E-state index in [2.05, 4.69) is 51.6 Å². The van der Waals surface area contributed by atoms with Crippen molar-refractivity contribution in [3.05, 3.63) is 0 Å². The molecule has 0 aromatic heterocycles. The molecular formula is C13H28N2O. The summed E-state index contributed by atoms with van der Waals surface area (Å²) in [5.74, 6) is 0. The Labute approximate surface area is 101 Å². The van der Waals surface area contributed by atoms with Gasteiger partial charge in [0.25, 0.3) is 0 Å². The van der Waals surface area contributed by atoms with Gasteiger partial charge in [0.15, 0.2) is 0 Å². The van der Waals surface area contributed by atoms with E-state index >= 15 is 0 Å². The van der Waals surface area contributed by atoms with Crippen LogP contribution in [0, 0.1) is 0 Å². The van der Waals surface area contributed by atoms with Gasteiger partial charge in [0.1, 0.15) is 0 Å². The number of rotatable bonds is 4. The highest BCUT2D eigenvalue weighted by Crippen LogP contribution is 2.28. The first kappa shape index (κ1) is 13.9. The third-order valence-corrected chi connectivity index (χ3v) is 3.42. The molecule has 1 rings (SSSR count). The van der Waals surface area contributed by atoms with Crippen LogP contribution in [0.25, 0.3) is 0 Å². The lowest BCUT2D eigenvalue weighted by Gasteiger charge is -2.36. The zero-order valence-electron chi connectivity index (χ0n) is 11.8. The number of likely N-dealkylation sites (N-methyl/N-ethyl adjacent to an activating group) is 1. The summed E-state index contributed by atoms with van der Waals surface area (Å²) in [5, 5.41) is 0. The van der Waals surface area contributed by atoms with Crippen LogP contribution in [0.3, 0.4) is 0 Å². The van der Waals surface area contributed by atoms with Gasteiger partial charge in [-0.15, -0.1) is 0 Å². The first-order valence-electron chi connectivity index (χ1n) is 6.35. The highest BCUT2D eigenvalue weighted by Gasteiger charge is 2.37. The second-order valence-electron chi connectivity index (χ2n) is 6.11. The summed E-state index contributed by atoms with van der Waals surface area (Å²) in [6.07, 6.45) is 1.59. The van der Waals surface area contributed by atoms with Crippen LogP contribution in [-0.4, -0.2) is 61.3 Å². The number of likely N-dealkylation sites (tertiary alicyclic amines) is 1. The van der Waals surface area contributed by atoms with Crippen LogP contribution < -0.4 is 0 Å². The summed E-state index contributed by atoms with van der Waals surface area (Å²) in [6.45, 7) is 12.2. The molecule has 2 atom stereocenters. The first-order valence-corrected chi connectivity index (χ1v) is 6.35. The molecule has 1 saturated heterocycles. The summed E-state index contributed by atoms with van der Waals surface area (Å²) in [4.78, 5) is 4.72. The average Bonchev–Trinajstić information content (AvgIpc) is 2.46. The zero-order valence-corrected chi connectivity index (χ0v) is 11.8. The van der Waals surface area contributed by atoms with Crippen molar-refractivity contribution in [3.8, 4) is 0 Å². The number of nitrogens with zero attached hydrogens (tertiary/aromatic N) is 2. The van der Waals surface area contributed by atoms with E-state index in [0.717, 1.165) is 19.7 Å². The van der Waals surface area contributed by atoms with E-state index in [0.29, 0.717) is 12.1 Å². The second kappa shape index (κ2) is 5.48. The van der Waals surface area contributed by atoms with Gasteiger partial charge < -0.3 is 9.64 Å². The van der Waals surface area contributed by atoms with Crippen LogP contribution in [0.15, 0.2) is 0 Å². The molecule has 1 heterocycles. The van der Waals surface area contributed by atoms with E-state index < -0.39 is 0 Å². The Morgan fingerprint density at radius 3 is 2.38 bits per heavy atom. The summed E-state index contributed by atoms with van der Waals surface area (Å²) >= 11 is 0. The molecule has 16 heavy (non-hydrogen) atoms. The van der Waals surface area contributed by atoms with Crippen molar-refractivity contribution in [2.24, 2.45) is 0 Å². The van der Waals surface area contributed by atoms with E-state index in [4.69, 9.17) is 4.74 Å². The van der Waals surface area contributed by atoms with Gasteiger partial charge in [-0.1, -0.05) is 0 Å². The third-order valence-electron chi connectivity index (χ3n) is 3.42. The number of hydrogen-bond acceptors (Lipinski definition) is 3. The lowest BCUT2D eigenvalue weighted by atomic mass is 10.0. The minimum Gasteiger partial charge on any atom is -0.375 e. The quantitative estimate of drug-likeness (QED) is 0.730. The summed E-state index contributed by atoms with van der Waals surface area (Å²) in [7, 11) is 4.17. The summed E-state index contributed by atoms with van der Waals surface area (Å²) in [6, 6.07) is 0.544. The lowest BCUT2D eigenvalue weighted by Crippen LogP contribution is -2.46. The van der Waals surface area contributed by atoms with E-state index in [-0.39, 0.29) is 5.54 Å². The first-order chi connectivity index (χ1) is 7.32. The molecular weight excluding hydrogens is 200 g/mol. The van der Waals surface area contributed by atoms with Crippen molar-refractivity contribution >= 4 is 0 Å². The molecule has 0 bridgehead atoms. The molecule has 0 aliphatic carbocycles. The van der Waals surface area contributed by atoms with Crippen molar-refractivity contribution in [2.75, 3.05) is 33.8 Å². The Hall–Kier alpha value is -0.120. The third kappa shape index (κ3) is 3.72. The second-order valence-corrected chi connectivity index (χ2v) is 6.11. The molecule has 0 N–H and O–H groups in total. The maximum Gasteiger partial charge on any atom is 0.0740 e. The molecule has 1 aliphatic heterocycles. The van der Waals surface area contributed by atoms with E-state index in [1.165, 1.54) is 6.42 Å². The molecule has 0 amide bonds. The van der Waals surface area contributed by atoms with Gasteiger partial charge in [-0.3, -0.25) is 4.90 Å². The smallest absolute Gasteiger partial charge is 0.0740 e.